The van der Waals surface area contributed by atoms with Crippen LogP contribution in [0.2, 0.25) is 0 Å². The van der Waals surface area contributed by atoms with Gasteiger partial charge < -0.3 is 10.6 Å². The lowest BCUT2D eigenvalue weighted by atomic mass is 9.89. The van der Waals surface area contributed by atoms with Crippen molar-refractivity contribution in [3.8, 4) is 0 Å². The van der Waals surface area contributed by atoms with Gasteiger partial charge in [-0.15, -0.1) is 0 Å². The molecule has 0 aromatic rings. The summed E-state index contributed by atoms with van der Waals surface area (Å²) in [4.78, 5) is 11.4. The Morgan fingerprint density at radius 2 is 2.00 bits per heavy atom. The van der Waals surface area contributed by atoms with Crippen molar-refractivity contribution in [3.63, 3.8) is 0 Å². The zero-order valence-electron chi connectivity index (χ0n) is 11.0. The molecule has 3 heteroatoms. The summed E-state index contributed by atoms with van der Waals surface area (Å²) in [5.41, 5.74) is 0. The molecule has 0 aliphatic heterocycles. The van der Waals surface area contributed by atoms with Gasteiger partial charge in [-0.3, -0.25) is 0 Å². The van der Waals surface area contributed by atoms with E-state index in [1.165, 1.54) is 44.9 Å². The zero-order valence-corrected chi connectivity index (χ0v) is 11.0. The average Bonchev–Trinajstić information content (AvgIpc) is 2.36. The SMILES string of the molecule is CCCCCNC(=O)N/C=C/C1CCCCC1. The monoisotopic (exact) mass is 238 g/mol. The van der Waals surface area contributed by atoms with Gasteiger partial charge in [0.05, 0.1) is 0 Å². The second kappa shape index (κ2) is 9.08. The smallest absolute Gasteiger partial charge is 0.318 e. The first-order valence-electron chi connectivity index (χ1n) is 7.04. The van der Waals surface area contributed by atoms with Crippen LogP contribution in [0.15, 0.2) is 12.3 Å². The van der Waals surface area contributed by atoms with Crippen LogP contribution >= 0.6 is 0 Å². The van der Waals surface area contributed by atoms with E-state index in [0.29, 0.717) is 5.92 Å². The van der Waals surface area contributed by atoms with Gasteiger partial charge in [0.15, 0.2) is 0 Å². The number of hydrogen-bond donors (Lipinski definition) is 2. The molecule has 0 unspecified atom stereocenters. The van der Waals surface area contributed by atoms with Crippen molar-refractivity contribution in [1.82, 2.24) is 10.6 Å². The van der Waals surface area contributed by atoms with Gasteiger partial charge in [0.1, 0.15) is 0 Å². The minimum Gasteiger partial charge on any atom is -0.338 e. The van der Waals surface area contributed by atoms with Gasteiger partial charge >= 0.3 is 6.03 Å². The Labute approximate surface area is 105 Å². The van der Waals surface area contributed by atoms with Gasteiger partial charge in [-0.2, -0.15) is 0 Å². The Bertz CT molecular complexity index is 232. The van der Waals surface area contributed by atoms with E-state index in [2.05, 4.69) is 23.6 Å². The molecule has 1 saturated carbocycles. The molecule has 1 fully saturated rings. The van der Waals surface area contributed by atoms with E-state index in [1.54, 1.807) is 0 Å². The quantitative estimate of drug-likeness (QED) is 0.682. The number of amides is 2. The second-order valence-electron chi connectivity index (χ2n) is 4.86. The van der Waals surface area contributed by atoms with Crippen molar-refractivity contribution >= 4 is 6.03 Å². The van der Waals surface area contributed by atoms with Gasteiger partial charge in [-0.25, -0.2) is 4.79 Å². The molecule has 0 saturated heterocycles. The highest BCUT2D eigenvalue weighted by atomic mass is 16.2. The molecule has 17 heavy (non-hydrogen) atoms. The topological polar surface area (TPSA) is 41.1 Å². The van der Waals surface area contributed by atoms with Crippen molar-refractivity contribution in [2.45, 2.75) is 58.3 Å². The molecule has 2 N–H and O–H groups in total. The van der Waals surface area contributed by atoms with Crippen LogP contribution in [0, 0.1) is 5.92 Å². The normalized spacial score (nSPS) is 17.2. The van der Waals surface area contributed by atoms with Crippen LogP contribution < -0.4 is 10.6 Å². The third-order valence-corrected chi connectivity index (χ3v) is 3.30. The summed E-state index contributed by atoms with van der Waals surface area (Å²) in [6.07, 6.45) is 14.0. The van der Waals surface area contributed by atoms with E-state index in [-0.39, 0.29) is 6.03 Å². The minimum atomic E-state index is -0.0758. The number of unbranched alkanes of at least 4 members (excludes halogenated alkanes) is 2. The van der Waals surface area contributed by atoms with Crippen molar-refractivity contribution < 1.29 is 4.79 Å². The van der Waals surface area contributed by atoms with Crippen molar-refractivity contribution in [1.29, 1.82) is 0 Å². The lowest BCUT2D eigenvalue weighted by molar-refractivity contribution is 0.244. The molecule has 2 amide bonds. The number of carbonyl (C=O) groups excluding carboxylic acids is 1. The Balaban J connectivity index is 2.03. The Kier molecular flexibility index (Phi) is 7.52. The Hall–Kier alpha value is -0.990. The Morgan fingerprint density at radius 1 is 1.24 bits per heavy atom. The highest BCUT2D eigenvalue weighted by Gasteiger charge is 2.09. The van der Waals surface area contributed by atoms with E-state index < -0.39 is 0 Å². The number of carbonyl (C=O) groups is 1. The molecule has 0 bridgehead atoms. The van der Waals surface area contributed by atoms with E-state index in [4.69, 9.17) is 0 Å². The predicted octanol–water partition coefficient (Wildman–Crippen LogP) is 3.57. The predicted molar refractivity (Wildman–Crippen MR) is 71.8 cm³/mol. The van der Waals surface area contributed by atoms with Crippen LogP contribution in [-0.4, -0.2) is 12.6 Å². The molecular weight excluding hydrogens is 212 g/mol. The van der Waals surface area contributed by atoms with Crippen LogP contribution in [0.3, 0.4) is 0 Å². The molecule has 98 valence electrons. The molecule has 1 aliphatic carbocycles. The number of hydrogen-bond acceptors (Lipinski definition) is 1. The summed E-state index contributed by atoms with van der Waals surface area (Å²) in [7, 11) is 0. The maximum atomic E-state index is 11.4. The van der Waals surface area contributed by atoms with E-state index in [0.717, 1.165) is 13.0 Å². The maximum absolute atomic E-state index is 11.4. The van der Waals surface area contributed by atoms with E-state index in [9.17, 15) is 4.79 Å². The van der Waals surface area contributed by atoms with E-state index >= 15 is 0 Å². The van der Waals surface area contributed by atoms with Crippen molar-refractivity contribution in [2.75, 3.05) is 6.54 Å². The highest BCUT2D eigenvalue weighted by molar-refractivity contribution is 5.74. The molecule has 3 nitrogen and oxygen atoms in total. The van der Waals surface area contributed by atoms with Gasteiger partial charge in [0.25, 0.3) is 0 Å². The average molecular weight is 238 g/mol. The van der Waals surface area contributed by atoms with Crippen LogP contribution in [-0.2, 0) is 0 Å². The van der Waals surface area contributed by atoms with Gasteiger partial charge in [-0.1, -0.05) is 45.1 Å². The lowest BCUT2D eigenvalue weighted by Gasteiger charge is -2.17. The van der Waals surface area contributed by atoms with Crippen molar-refractivity contribution in [3.05, 3.63) is 12.3 Å². The largest absolute Gasteiger partial charge is 0.338 e. The summed E-state index contributed by atoms with van der Waals surface area (Å²) >= 11 is 0. The fourth-order valence-electron chi connectivity index (χ4n) is 2.21. The first kappa shape index (κ1) is 14.1. The molecule has 0 spiro atoms. The third-order valence-electron chi connectivity index (χ3n) is 3.30. The summed E-state index contributed by atoms with van der Waals surface area (Å²) in [5.74, 6) is 0.671. The molecule has 0 atom stereocenters. The lowest BCUT2D eigenvalue weighted by Crippen LogP contribution is -2.32. The molecule has 1 aliphatic rings. The van der Waals surface area contributed by atoms with Gasteiger partial charge in [-0.05, 0) is 25.2 Å². The van der Waals surface area contributed by atoms with E-state index in [1.807, 2.05) is 6.20 Å². The van der Waals surface area contributed by atoms with Gasteiger partial charge in [0.2, 0.25) is 0 Å². The van der Waals surface area contributed by atoms with Crippen LogP contribution in [0.25, 0.3) is 0 Å². The molecule has 0 aromatic heterocycles. The Morgan fingerprint density at radius 3 is 2.71 bits per heavy atom. The summed E-state index contributed by atoms with van der Waals surface area (Å²) < 4.78 is 0. The van der Waals surface area contributed by atoms with Crippen molar-refractivity contribution in [2.24, 2.45) is 5.92 Å². The number of nitrogens with one attached hydrogen (secondary N) is 2. The number of rotatable bonds is 6. The molecule has 0 heterocycles. The molecule has 0 radical (unpaired) electrons. The van der Waals surface area contributed by atoms with Crippen LogP contribution in [0.1, 0.15) is 58.3 Å². The summed E-state index contributed by atoms with van der Waals surface area (Å²) in [5, 5.41) is 5.63. The number of urea groups is 1. The highest BCUT2D eigenvalue weighted by Crippen LogP contribution is 2.24. The fraction of sp³-hybridized carbons (Fsp3) is 0.786. The first-order valence-corrected chi connectivity index (χ1v) is 7.04. The second-order valence-corrected chi connectivity index (χ2v) is 4.86. The minimum absolute atomic E-state index is 0.0758. The first-order chi connectivity index (χ1) is 8.33. The zero-order chi connectivity index (χ0) is 12.3. The summed E-state index contributed by atoms with van der Waals surface area (Å²) in [6, 6.07) is -0.0758. The third kappa shape index (κ3) is 7.03. The standard InChI is InChI=1S/C14H26N2O/c1-2-3-7-11-15-14(17)16-12-10-13-8-5-4-6-9-13/h10,12-13H,2-9,11H2,1H3,(H2,15,16,17)/b12-10+. The molecule has 1 rings (SSSR count). The molecular formula is C14H26N2O. The molecule has 0 aromatic carbocycles. The fourth-order valence-corrected chi connectivity index (χ4v) is 2.21. The number of allylic oxidation sites excluding steroid dienone is 1. The van der Waals surface area contributed by atoms with Gasteiger partial charge in [0, 0.05) is 12.7 Å². The van der Waals surface area contributed by atoms with Crippen LogP contribution in [0.5, 0.6) is 0 Å². The summed E-state index contributed by atoms with van der Waals surface area (Å²) in [6.45, 7) is 2.93. The maximum Gasteiger partial charge on any atom is 0.318 e. The van der Waals surface area contributed by atoms with Crippen LogP contribution in [0.4, 0.5) is 4.79 Å².